The van der Waals surface area contributed by atoms with Crippen LogP contribution in [-0.4, -0.2) is 38.4 Å². The van der Waals surface area contributed by atoms with Crippen LogP contribution in [0, 0.1) is 6.92 Å². The second-order valence-electron chi connectivity index (χ2n) is 7.11. The second-order valence-corrected chi connectivity index (χ2v) is 8.24. The van der Waals surface area contributed by atoms with Gasteiger partial charge in [0, 0.05) is 17.8 Å². The van der Waals surface area contributed by atoms with E-state index in [9.17, 15) is 14.7 Å². The Morgan fingerprint density at radius 3 is 2.82 bits per heavy atom. The number of carbonyl (C=O) groups excluding carboxylic acids is 1. The number of hydrogen-bond donors (Lipinski definition) is 2. The van der Waals surface area contributed by atoms with Gasteiger partial charge < -0.3 is 15.2 Å². The molecule has 9 heteroatoms. The molecule has 0 radical (unpaired) electrons. The first kappa shape index (κ1) is 17.3. The Morgan fingerprint density at radius 2 is 2.14 bits per heavy atom. The summed E-state index contributed by atoms with van der Waals surface area (Å²) in [5, 5.41) is 12.2. The lowest BCUT2D eigenvalue weighted by Crippen LogP contribution is -2.47. The lowest BCUT2D eigenvalue weighted by molar-refractivity contribution is -0.136. The number of ether oxygens (including phenoxy) is 1. The van der Waals surface area contributed by atoms with Gasteiger partial charge in [-0.1, -0.05) is 11.8 Å². The molecule has 0 bridgehead atoms. The normalized spacial score (nSPS) is 23.0. The minimum absolute atomic E-state index is 0.227. The first-order valence-electron chi connectivity index (χ1n) is 9.16. The van der Waals surface area contributed by atoms with Gasteiger partial charge in [0.15, 0.2) is 0 Å². The van der Waals surface area contributed by atoms with Crippen LogP contribution >= 0.6 is 11.8 Å². The van der Waals surface area contributed by atoms with E-state index in [0.29, 0.717) is 28.0 Å². The van der Waals surface area contributed by atoms with Crippen molar-refractivity contribution in [2.75, 3.05) is 4.90 Å². The number of pyridine rings is 2. The van der Waals surface area contributed by atoms with Crippen molar-refractivity contribution in [3.63, 3.8) is 0 Å². The van der Waals surface area contributed by atoms with E-state index in [1.54, 1.807) is 18.3 Å². The SMILES string of the molecule is Cc1nc(OC2CCC2)ccc1N1C(=O)NC2c3c1ccnc3SC2C(=O)O. The number of thioether (sulfide) groups is 1. The predicted molar refractivity (Wildman–Crippen MR) is 102 cm³/mol. The summed E-state index contributed by atoms with van der Waals surface area (Å²) in [5.74, 6) is -0.411. The quantitative estimate of drug-likeness (QED) is 0.815. The molecule has 2 aliphatic heterocycles. The first-order chi connectivity index (χ1) is 13.5. The molecule has 2 unspecified atom stereocenters. The van der Waals surface area contributed by atoms with Crippen molar-refractivity contribution < 1.29 is 19.4 Å². The van der Waals surface area contributed by atoms with Crippen LogP contribution in [0.5, 0.6) is 5.88 Å². The number of aliphatic carboxylic acids is 1. The van der Waals surface area contributed by atoms with E-state index in [0.717, 1.165) is 18.4 Å². The highest BCUT2D eigenvalue weighted by Crippen LogP contribution is 2.50. The van der Waals surface area contributed by atoms with Gasteiger partial charge in [-0.3, -0.25) is 9.69 Å². The maximum atomic E-state index is 12.9. The van der Waals surface area contributed by atoms with Crippen molar-refractivity contribution in [1.82, 2.24) is 15.3 Å². The highest BCUT2D eigenvalue weighted by molar-refractivity contribution is 8.00. The van der Waals surface area contributed by atoms with E-state index in [2.05, 4.69) is 15.3 Å². The summed E-state index contributed by atoms with van der Waals surface area (Å²) in [6, 6.07) is 4.37. The molecule has 144 valence electrons. The third kappa shape index (κ3) is 2.61. The third-order valence-electron chi connectivity index (χ3n) is 5.36. The Kier molecular flexibility index (Phi) is 3.94. The summed E-state index contributed by atoms with van der Waals surface area (Å²) in [6.45, 7) is 1.83. The van der Waals surface area contributed by atoms with Crippen molar-refractivity contribution in [2.45, 2.75) is 48.6 Å². The molecule has 1 fully saturated rings. The maximum Gasteiger partial charge on any atom is 0.327 e. The number of aryl methyl sites for hydroxylation is 1. The topological polar surface area (TPSA) is 105 Å². The number of nitrogens with one attached hydrogen (secondary N) is 1. The largest absolute Gasteiger partial charge is 0.480 e. The summed E-state index contributed by atoms with van der Waals surface area (Å²) in [5.41, 5.74) is 2.69. The minimum atomic E-state index is -0.969. The van der Waals surface area contributed by atoms with Crippen LogP contribution in [0.15, 0.2) is 29.4 Å². The lowest BCUT2D eigenvalue weighted by Gasteiger charge is -2.34. The van der Waals surface area contributed by atoms with E-state index in [4.69, 9.17) is 4.74 Å². The number of aromatic nitrogens is 2. The smallest absolute Gasteiger partial charge is 0.327 e. The molecular formula is C19H18N4O4S. The summed E-state index contributed by atoms with van der Waals surface area (Å²) < 4.78 is 5.85. The molecule has 0 saturated heterocycles. The van der Waals surface area contributed by atoms with Gasteiger partial charge >= 0.3 is 12.0 Å². The van der Waals surface area contributed by atoms with Crippen LogP contribution in [0.4, 0.5) is 16.2 Å². The molecule has 1 saturated carbocycles. The molecule has 28 heavy (non-hydrogen) atoms. The summed E-state index contributed by atoms with van der Waals surface area (Å²) >= 11 is 1.17. The third-order valence-corrected chi connectivity index (χ3v) is 6.64. The molecular weight excluding hydrogens is 380 g/mol. The molecule has 2 aromatic heterocycles. The van der Waals surface area contributed by atoms with E-state index in [-0.39, 0.29) is 12.1 Å². The van der Waals surface area contributed by atoms with Crippen molar-refractivity contribution >= 4 is 35.1 Å². The van der Waals surface area contributed by atoms with Crippen molar-refractivity contribution in [2.24, 2.45) is 0 Å². The minimum Gasteiger partial charge on any atom is -0.480 e. The number of rotatable bonds is 4. The number of nitrogens with zero attached hydrogens (tertiary/aromatic N) is 3. The average molecular weight is 398 g/mol. The van der Waals surface area contributed by atoms with Crippen LogP contribution < -0.4 is 15.0 Å². The van der Waals surface area contributed by atoms with Gasteiger partial charge in [0.1, 0.15) is 16.4 Å². The number of carboxylic acids is 1. The fourth-order valence-corrected chi connectivity index (χ4v) is 4.91. The summed E-state index contributed by atoms with van der Waals surface area (Å²) in [7, 11) is 0. The monoisotopic (exact) mass is 398 g/mol. The van der Waals surface area contributed by atoms with Gasteiger partial charge in [-0.05, 0) is 38.3 Å². The number of anilines is 2. The van der Waals surface area contributed by atoms with Crippen LogP contribution in [0.1, 0.15) is 36.6 Å². The Morgan fingerprint density at radius 1 is 1.32 bits per heavy atom. The standard InChI is InChI=1S/C19H18N4O4S/c1-9-11(5-6-13(21-9)27-10-3-2-4-10)23-12-7-8-20-17-14(12)15(22-19(23)26)16(28-17)18(24)25/h5-8,10,15-16H,2-4H2,1H3,(H,22,26)(H,24,25). The van der Waals surface area contributed by atoms with Crippen molar-refractivity contribution in [3.8, 4) is 5.88 Å². The molecule has 2 amide bonds. The molecule has 0 spiro atoms. The van der Waals surface area contributed by atoms with E-state index < -0.39 is 17.3 Å². The zero-order valence-corrected chi connectivity index (χ0v) is 15.9. The van der Waals surface area contributed by atoms with Gasteiger partial charge in [0.25, 0.3) is 0 Å². The first-order valence-corrected chi connectivity index (χ1v) is 10.0. The molecule has 5 rings (SSSR count). The molecule has 3 aliphatic rings. The molecule has 2 N–H and O–H groups in total. The zero-order chi connectivity index (χ0) is 19.4. The van der Waals surface area contributed by atoms with Crippen LogP contribution in [-0.2, 0) is 4.79 Å². The molecule has 4 heterocycles. The maximum absolute atomic E-state index is 12.9. The Bertz CT molecular complexity index is 994. The molecule has 8 nitrogen and oxygen atoms in total. The number of carboxylic acid groups (broad SMARTS) is 1. The zero-order valence-electron chi connectivity index (χ0n) is 15.1. The van der Waals surface area contributed by atoms with Gasteiger partial charge in [-0.2, -0.15) is 0 Å². The number of amides is 2. The molecule has 0 aromatic carbocycles. The van der Waals surface area contributed by atoms with Gasteiger partial charge in [-0.25, -0.2) is 14.8 Å². The summed E-state index contributed by atoms with van der Waals surface area (Å²) in [4.78, 5) is 34.9. The fourth-order valence-electron chi connectivity index (χ4n) is 3.74. The van der Waals surface area contributed by atoms with Crippen molar-refractivity contribution in [1.29, 1.82) is 0 Å². The van der Waals surface area contributed by atoms with Crippen LogP contribution in [0.3, 0.4) is 0 Å². The lowest BCUT2D eigenvalue weighted by atomic mass is 9.96. The van der Waals surface area contributed by atoms with Gasteiger partial charge in [0.05, 0.1) is 23.1 Å². The van der Waals surface area contributed by atoms with E-state index in [1.807, 2.05) is 13.0 Å². The molecule has 2 atom stereocenters. The second kappa shape index (κ2) is 6.37. The van der Waals surface area contributed by atoms with E-state index in [1.165, 1.54) is 23.1 Å². The fraction of sp³-hybridized carbons (Fsp3) is 0.368. The highest BCUT2D eigenvalue weighted by atomic mass is 32.2. The number of urea groups is 1. The van der Waals surface area contributed by atoms with Gasteiger partial charge in [-0.15, -0.1) is 0 Å². The van der Waals surface area contributed by atoms with Crippen molar-refractivity contribution in [3.05, 3.63) is 35.7 Å². The number of carbonyl (C=O) groups is 2. The Labute approximate surface area is 165 Å². The molecule has 2 aromatic rings. The van der Waals surface area contributed by atoms with Crippen LogP contribution in [0.2, 0.25) is 0 Å². The average Bonchev–Trinajstić information content (AvgIpc) is 3.00. The number of hydrogen-bond acceptors (Lipinski definition) is 6. The van der Waals surface area contributed by atoms with E-state index >= 15 is 0 Å². The van der Waals surface area contributed by atoms with Crippen LogP contribution in [0.25, 0.3) is 0 Å². The van der Waals surface area contributed by atoms with Gasteiger partial charge in [0.2, 0.25) is 5.88 Å². The Hall–Kier alpha value is -2.81. The molecule has 1 aliphatic carbocycles. The predicted octanol–water partition coefficient (Wildman–Crippen LogP) is 3.18. The highest BCUT2D eigenvalue weighted by Gasteiger charge is 2.47. The Balaban J connectivity index is 1.53. The summed E-state index contributed by atoms with van der Waals surface area (Å²) in [6.07, 6.45) is 5.10.